The Morgan fingerprint density at radius 3 is 2.73 bits per heavy atom. The summed E-state index contributed by atoms with van der Waals surface area (Å²) in [5.74, 6) is 0.558. The number of thioether (sulfide) groups is 1. The molecule has 0 bridgehead atoms. The number of ether oxygens (including phenoxy) is 3. The molecule has 0 aromatic heterocycles. The fourth-order valence-electron chi connectivity index (χ4n) is 2.26. The number of carbonyl (C=O) groups excluding carboxylic acids is 2. The zero-order valence-electron chi connectivity index (χ0n) is 14.5. The van der Waals surface area contributed by atoms with Crippen molar-refractivity contribution in [2.75, 3.05) is 27.4 Å². The third-order valence-electron chi connectivity index (χ3n) is 3.48. The summed E-state index contributed by atoms with van der Waals surface area (Å²) < 4.78 is 16.7. The van der Waals surface area contributed by atoms with E-state index in [2.05, 4.69) is 20.7 Å². The largest absolute Gasteiger partial charge is 0.493 e. The zero-order chi connectivity index (χ0) is 19.3. The SMILES string of the molecule is CCOc1c(Br)cc(/C=C2\SC(=S)N(CCC(=O)OC)C2=O)cc1OC. The van der Waals surface area contributed by atoms with Crippen LogP contribution in [0, 0.1) is 0 Å². The smallest absolute Gasteiger partial charge is 0.307 e. The van der Waals surface area contributed by atoms with E-state index < -0.39 is 0 Å². The average molecular weight is 460 g/mol. The van der Waals surface area contributed by atoms with Crippen LogP contribution in [-0.2, 0) is 14.3 Å². The Balaban J connectivity index is 2.24. The second-order valence-electron chi connectivity index (χ2n) is 5.13. The van der Waals surface area contributed by atoms with Crippen molar-refractivity contribution in [1.82, 2.24) is 4.90 Å². The van der Waals surface area contributed by atoms with Crippen molar-refractivity contribution in [3.63, 3.8) is 0 Å². The Bertz CT molecular complexity index is 766. The van der Waals surface area contributed by atoms with Gasteiger partial charge in [0, 0.05) is 6.54 Å². The van der Waals surface area contributed by atoms with E-state index in [1.807, 2.05) is 13.0 Å². The molecule has 0 spiro atoms. The lowest BCUT2D eigenvalue weighted by Gasteiger charge is -2.13. The molecule has 2 rings (SSSR count). The van der Waals surface area contributed by atoms with Crippen LogP contribution in [0.5, 0.6) is 11.5 Å². The molecule has 0 aliphatic carbocycles. The molecular weight excluding hydrogens is 442 g/mol. The molecule has 0 N–H and O–H groups in total. The topological polar surface area (TPSA) is 65.1 Å². The molecule has 1 aromatic rings. The molecule has 1 amide bonds. The standard InChI is InChI=1S/C17H18BrNO5S2/c1-4-24-15-11(18)7-10(8-12(15)22-2)9-13-16(21)19(17(25)26-13)6-5-14(20)23-3/h7-9H,4-6H2,1-3H3/b13-9-. The minimum Gasteiger partial charge on any atom is -0.493 e. The Morgan fingerprint density at radius 2 is 2.12 bits per heavy atom. The maximum absolute atomic E-state index is 12.6. The molecule has 1 aromatic carbocycles. The summed E-state index contributed by atoms with van der Waals surface area (Å²) in [5, 5.41) is 0. The number of thiocarbonyl (C=S) groups is 1. The number of nitrogens with zero attached hydrogens (tertiary/aromatic N) is 1. The molecule has 1 fully saturated rings. The van der Waals surface area contributed by atoms with Gasteiger partial charge in [0.2, 0.25) is 0 Å². The number of esters is 1. The van der Waals surface area contributed by atoms with Crippen LogP contribution in [0.1, 0.15) is 18.9 Å². The Kier molecular flexibility index (Phi) is 7.48. The molecule has 0 radical (unpaired) electrons. The monoisotopic (exact) mass is 459 g/mol. The molecule has 1 saturated heterocycles. The minimum absolute atomic E-state index is 0.0959. The van der Waals surface area contributed by atoms with Gasteiger partial charge in [-0.05, 0) is 46.6 Å². The van der Waals surface area contributed by atoms with E-state index >= 15 is 0 Å². The maximum atomic E-state index is 12.6. The molecule has 26 heavy (non-hydrogen) atoms. The fraction of sp³-hybridized carbons (Fsp3) is 0.353. The van der Waals surface area contributed by atoms with Crippen molar-refractivity contribution in [3.8, 4) is 11.5 Å². The van der Waals surface area contributed by atoms with Crippen LogP contribution in [-0.4, -0.2) is 48.5 Å². The summed E-state index contributed by atoms with van der Waals surface area (Å²) in [5.41, 5.74) is 0.769. The summed E-state index contributed by atoms with van der Waals surface area (Å²) in [6, 6.07) is 3.63. The Hall–Kier alpha value is -1.58. The van der Waals surface area contributed by atoms with Gasteiger partial charge in [-0.25, -0.2) is 0 Å². The Morgan fingerprint density at radius 1 is 1.38 bits per heavy atom. The molecule has 0 saturated carbocycles. The second kappa shape index (κ2) is 9.38. The predicted octanol–water partition coefficient (Wildman–Crippen LogP) is 3.62. The summed E-state index contributed by atoms with van der Waals surface area (Å²) >= 11 is 9.91. The van der Waals surface area contributed by atoms with E-state index in [1.165, 1.54) is 23.8 Å². The van der Waals surface area contributed by atoms with Crippen molar-refractivity contribution in [1.29, 1.82) is 0 Å². The second-order valence-corrected chi connectivity index (χ2v) is 7.66. The number of benzene rings is 1. The highest BCUT2D eigenvalue weighted by Gasteiger charge is 2.32. The molecule has 0 atom stereocenters. The molecule has 1 aliphatic heterocycles. The lowest BCUT2D eigenvalue weighted by Crippen LogP contribution is -2.30. The van der Waals surface area contributed by atoms with Crippen LogP contribution in [0.15, 0.2) is 21.5 Å². The van der Waals surface area contributed by atoms with Crippen molar-refractivity contribution in [2.45, 2.75) is 13.3 Å². The minimum atomic E-state index is -0.386. The highest BCUT2D eigenvalue weighted by molar-refractivity contribution is 9.10. The summed E-state index contributed by atoms with van der Waals surface area (Å²) in [7, 11) is 2.87. The normalized spacial score (nSPS) is 15.5. The van der Waals surface area contributed by atoms with Crippen LogP contribution in [0.3, 0.4) is 0 Å². The van der Waals surface area contributed by atoms with E-state index in [0.29, 0.717) is 27.3 Å². The van der Waals surface area contributed by atoms with Crippen molar-refractivity contribution in [2.24, 2.45) is 0 Å². The van der Waals surface area contributed by atoms with Crippen molar-refractivity contribution < 1.29 is 23.8 Å². The van der Waals surface area contributed by atoms with Gasteiger partial charge in [0.05, 0.1) is 36.6 Å². The van der Waals surface area contributed by atoms with Crippen LogP contribution < -0.4 is 9.47 Å². The quantitative estimate of drug-likeness (QED) is 0.350. The first-order valence-corrected chi connectivity index (χ1v) is 9.75. The van der Waals surface area contributed by atoms with Crippen LogP contribution in [0.2, 0.25) is 0 Å². The number of halogens is 1. The van der Waals surface area contributed by atoms with Gasteiger partial charge >= 0.3 is 5.97 Å². The van der Waals surface area contributed by atoms with Crippen LogP contribution in [0.4, 0.5) is 0 Å². The van der Waals surface area contributed by atoms with Gasteiger partial charge in [-0.3, -0.25) is 14.5 Å². The van der Waals surface area contributed by atoms with Crippen LogP contribution in [0.25, 0.3) is 6.08 Å². The number of hydrogen-bond donors (Lipinski definition) is 0. The van der Waals surface area contributed by atoms with E-state index in [0.717, 1.165) is 10.0 Å². The number of hydrogen-bond acceptors (Lipinski definition) is 7. The molecule has 9 heteroatoms. The van der Waals surface area contributed by atoms with Gasteiger partial charge in [0.1, 0.15) is 4.32 Å². The lowest BCUT2D eigenvalue weighted by atomic mass is 10.2. The van der Waals surface area contributed by atoms with E-state index in [9.17, 15) is 9.59 Å². The third kappa shape index (κ3) is 4.77. The number of methoxy groups -OCH3 is 2. The summed E-state index contributed by atoms with van der Waals surface area (Å²) in [6.07, 6.45) is 1.83. The van der Waals surface area contributed by atoms with E-state index in [-0.39, 0.29) is 24.8 Å². The van der Waals surface area contributed by atoms with E-state index in [4.69, 9.17) is 21.7 Å². The summed E-state index contributed by atoms with van der Waals surface area (Å²) in [6.45, 7) is 2.59. The number of rotatable bonds is 7. The molecule has 1 heterocycles. The molecular formula is C17H18BrNO5S2. The van der Waals surface area contributed by atoms with Crippen molar-refractivity contribution >= 4 is 62.2 Å². The molecule has 6 nitrogen and oxygen atoms in total. The summed E-state index contributed by atoms with van der Waals surface area (Å²) in [4.78, 5) is 25.7. The highest BCUT2D eigenvalue weighted by atomic mass is 79.9. The van der Waals surface area contributed by atoms with Gasteiger partial charge in [-0.2, -0.15) is 0 Å². The first kappa shape index (κ1) is 20.7. The van der Waals surface area contributed by atoms with E-state index in [1.54, 1.807) is 19.3 Å². The van der Waals surface area contributed by atoms with Crippen LogP contribution >= 0.6 is 39.9 Å². The maximum Gasteiger partial charge on any atom is 0.307 e. The Labute approximate surface area is 170 Å². The van der Waals surface area contributed by atoms with Gasteiger partial charge in [0.15, 0.2) is 11.5 Å². The first-order chi connectivity index (χ1) is 12.4. The van der Waals surface area contributed by atoms with Gasteiger partial charge < -0.3 is 14.2 Å². The highest BCUT2D eigenvalue weighted by Crippen LogP contribution is 2.39. The fourth-order valence-corrected chi connectivity index (χ4v) is 4.14. The molecule has 1 aliphatic rings. The molecule has 140 valence electrons. The van der Waals surface area contributed by atoms with Gasteiger partial charge in [0.25, 0.3) is 5.91 Å². The van der Waals surface area contributed by atoms with Gasteiger partial charge in [-0.1, -0.05) is 24.0 Å². The van der Waals surface area contributed by atoms with Crippen molar-refractivity contribution in [3.05, 3.63) is 27.1 Å². The molecule has 0 unspecified atom stereocenters. The van der Waals surface area contributed by atoms with Gasteiger partial charge in [-0.15, -0.1) is 0 Å². The zero-order valence-corrected chi connectivity index (χ0v) is 17.8. The predicted molar refractivity (Wildman–Crippen MR) is 108 cm³/mol. The average Bonchev–Trinajstić information content (AvgIpc) is 2.88. The number of carbonyl (C=O) groups is 2. The number of amides is 1. The lowest BCUT2D eigenvalue weighted by molar-refractivity contribution is -0.140. The first-order valence-electron chi connectivity index (χ1n) is 7.73. The third-order valence-corrected chi connectivity index (χ3v) is 5.45.